The van der Waals surface area contributed by atoms with Gasteiger partial charge in [0.05, 0.1) is 75.3 Å². The Bertz CT molecular complexity index is 2050. The third kappa shape index (κ3) is 8.48. The van der Waals surface area contributed by atoms with Gasteiger partial charge in [-0.1, -0.05) is 40.9 Å². The molecule has 3 aromatic carbocycles. The molecule has 1 N–H and O–H groups in total. The van der Waals surface area contributed by atoms with E-state index in [0.29, 0.717) is 34.8 Å². The lowest BCUT2D eigenvalue weighted by molar-refractivity contribution is 0.00578. The van der Waals surface area contributed by atoms with Crippen molar-refractivity contribution in [3.05, 3.63) is 79.0 Å². The summed E-state index contributed by atoms with van der Waals surface area (Å²) in [5.74, 6) is 0. The van der Waals surface area contributed by atoms with Crippen molar-refractivity contribution in [3.63, 3.8) is 0 Å². The Morgan fingerprint density at radius 3 is 1.78 bits per heavy atom. The number of halogens is 5. The summed E-state index contributed by atoms with van der Waals surface area (Å²) in [4.78, 5) is 0. The van der Waals surface area contributed by atoms with E-state index in [1.807, 2.05) is 85.9 Å². The molecule has 260 valence electrons. The monoisotopic (exact) mass is 854 g/mol. The van der Waals surface area contributed by atoms with Crippen LogP contribution in [0.15, 0.2) is 63.9 Å². The number of rotatable bonds is 7. The van der Waals surface area contributed by atoms with Gasteiger partial charge in [-0.3, -0.25) is 14.5 Å². The zero-order chi connectivity index (χ0) is 35.5. The van der Waals surface area contributed by atoms with Crippen LogP contribution in [0.3, 0.4) is 0 Å². The number of ether oxygens (including phenoxy) is 2. The molecular formula is C33H36BBr2Cl3N6O4. The quantitative estimate of drug-likeness (QED) is 0.161. The lowest BCUT2D eigenvalue weighted by Gasteiger charge is -2.32. The maximum atomic E-state index is 6.61. The van der Waals surface area contributed by atoms with E-state index in [2.05, 4.69) is 52.3 Å². The Kier molecular flexibility index (Phi) is 12.4. The van der Waals surface area contributed by atoms with Gasteiger partial charge in [0, 0.05) is 57.2 Å². The summed E-state index contributed by atoms with van der Waals surface area (Å²) in [7, 11) is 2.87. The highest BCUT2D eigenvalue weighted by Gasteiger charge is 2.52. The van der Waals surface area contributed by atoms with Gasteiger partial charge in [0.1, 0.15) is 0 Å². The Morgan fingerprint density at radius 2 is 1.22 bits per heavy atom. The van der Waals surface area contributed by atoms with Crippen LogP contribution >= 0.6 is 66.7 Å². The normalized spacial score (nSPS) is 15.0. The van der Waals surface area contributed by atoms with Crippen molar-refractivity contribution in [2.24, 2.45) is 0 Å². The van der Waals surface area contributed by atoms with Crippen LogP contribution in [0.1, 0.15) is 27.7 Å². The van der Waals surface area contributed by atoms with Gasteiger partial charge in [0.2, 0.25) is 0 Å². The lowest BCUT2D eigenvalue weighted by Crippen LogP contribution is -2.41. The van der Waals surface area contributed by atoms with Gasteiger partial charge in [-0.05, 0) is 89.9 Å². The molecule has 4 heterocycles. The number of methoxy groups -OCH3 is 2. The third-order valence-corrected chi connectivity index (χ3v) is 11.4. The van der Waals surface area contributed by atoms with E-state index >= 15 is 0 Å². The fourth-order valence-corrected chi connectivity index (χ4v) is 6.33. The molecule has 0 amide bonds. The van der Waals surface area contributed by atoms with Gasteiger partial charge in [0.25, 0.3) is 0 Å². The number of fused-ring (bicyclic) bond motifs is 3. The molecule has 16 heteroatoms. The average molecular weight is 858 g/mol. The smallest absolute Gasteiger partial charge is 0.399 e. The molecule has 0 bridgehead atoms. The summed E-state index contributed by atoms with van der Waals surface area (Å²) >= 11 is 25.4. The van der Waals surface area contributed by atoms with E-state index < -0.39 is 18.3 Å². The van der Waals surface area contributed by atoms with Crippen LogP contribution in [0.5, 0.6) is 0 Å². The fraction of sp³-hybridized carbons (Fsp3) is 0.364. The van der Waals surface area contributed by atoms with Gasteiger partial charge < -0.3 is 18.8 Å². The van der Waals surface area contributed by atoms with Gasteiger partial charge in [-0.15, -0.1) is 0 Å². The first-order valence-electron chi connectivity index (χ1n) is 15.3. The Balaban J connectivity index is 0.000000154. The minimum Gasteiger partial charge on any atom is -0.399 e. The summed E-state index contributed by atoms with van der Waals surface area (Å²) in [5, 5.41) is 20.4. The van der Waals surface area contributed by atoms with Crippen LogP contribution in [-0.4, -0.2) is 75.5 Å². The first-order chi connectivity index (χ1) is 23.3. The molecule has 0 unspecified atom stereocenters. The van der Waals surface area contributed by atoms with Gasteiger partial charge in [0.15, 0.2) is 0 Å². The Morgan fingerprint density at radius 1 is 0.735 bits per heavy atom. The van der Waals surface area contributed by atoms with E-state index in [1.165, 1.54) is 0 Å². The van der Waals surface area contributed by atoms with Crippen LogP contribution in [0, 0.1) is 0 Å². The van der Waals surface area contributed by atoms with Crippen LogP contribution in [0.4, 0.5) is 0 Å². The van der Waals surface area contributed by atoms with Crippen LogP contribution < -0.4 is 5.46 Å². The van der Waals surface area contributed by atoms with Crippen LogP contribution in [0.25, 0.3) is 32.7 Å². The maximum Gasteiger partial charge on any atom is 0.496 e. The number of nitrogens with one attached hydrogen (secondary N) is 1. The molecule has 0 aliphatic carbocycles. The molecule has 10 nitrogen and oxygen atoms in total. The minimum atomic E-state index is -0.473. The van der Waals surface area contributed by atoms with Crippen molar-refractivity contribution >= 4 is 112 Å². The largest absolute Gasteiger partial charge is 0.496 e. The van der Waals surface area contributed by atoms with Crippen LogP contribution in [-0.2, 0) is 31.9 Å². The number of H-pyrrole nitrogens is 1. The number of aromatic amines is 1. The summed E-state index contributed by atoms with van der Waals surface area (Å²) < 4.78 is 27.7. The second-order valence-electron chi connectivity index (χ2n) is 12.2. The number of benzene rings is 3. The van der Waals surface area contributed by atoms with Crippen molar-refractivity contribution in [1.82, 2.24) is 29.8 Å². The highest BCUT2D eigenvalue weighted by atomic mass is 79.9. The summed E-state index contributed by atoms with van der Waals surface area (Å²) in [6.07, 6.45) is 5.58. The summed E-state index contributed by atoms with van der Waals surface area (Å²) in [6.45, 7) is 10.8. The molecule has 0 saturated carbocycles. The van der Waals surface area contributed by atoms with Crippen LogP contribution in [0.2, 0.25) is 15.1 Å². The molecule has 1 aliphatic heterocycles. The van der Waals surface area contributed by atoms with E-state index in [1.54, 1.807) is 20.4 Å². The highest BCUT2D eigenvalue weighted by Crippen LogP contribution is 2.37. The fourth-order valence-electron chi connectivity index (χ4n) is 4.92. The third-order valence-electron chi connectivity index (χ3n) is 8.39. The topological polar surface area (TPSA) is 101 Å². The molecule has 0 atom stereocenters. The first-order valence-corrected chi connectivity index (χ1v) is 18.1. The second kappa shape index (κ2) is 16.0. The molecule has 1 aliphatic rings. The minimum absolute atomic E-state index is 0.390. The standard InChI is InChI=1S/C16H22BClN2O3.C10H10BrClN2O.C7H4BrClN2/c1-15(2)16(3,4)23-17(22-15)12-6-7-13-11(14(12)18)10-20(19-13)8-9-21-5;1-15-5-4-14-6-7-9(13-14)3-2-8(11)10(7)12;8-5-1-2-6-4(7(5)9)3-10-11-6/h6-7,10H,8-9H2,1-5H3;2-3,6H,4-5H2,1H3;1-3H,(H,10,11). The van der Waals surface area contributed by atoms with Crippen molar-refractivity contribution in [3.8, 4) is 0 Å². The van der Waals surface area contributed by atoms with Crippen molar-refractivity contribution < 1.29 is 18.8 Å². The molecule has 1 fully saturated rings. The average Bonchev–Trinajstić information content (AvgIpc) is 3.85. The summed E-state index contributed by atoms with van der Waals surface area (Å²) in [6, 6.07) is 11.5. The molecule has 6 aromatic rings. The molecule has 7 rings (SSSR count). The zero-order valence-corrected chi connectivity index (χ0v) is 33.3. The van der Waals surface area contributed by atoms with Crippen molar-refractivity contribution in [2.45, 2.75) is 52.0 Å². The molecule has 0 spiro atoms. The van der Waals surface area contributed by atoms with Gasteiger partial charge in [-0.25, -0.2) is 0 Å². The molecule has 49 heavy (non-hydrogen) atoms. The number of nitrogens with zero attached hydrogens (tertiary/aromatic N) is 5. The zero-order valence-electron chi connectivity index (χ0n) is 27.9. The molecular weight excluding hydrogens is 821 g/mol. The number of hydrogen-bond acceptors (Lipinski definition) is 7. The number of aromatic nitrogens is 6. The van der Waals surface area contributed by atoms with E-state index in [9.17, 15) is 0 Å². The second-order valence-corrected chi connectivity index (χ2v) is 15.1. The predicted octanol–water partition coefficient (Wildman–Crippen LogP) is 8.71. The highest BCUT2D eigenvalue weighted by molar-refractivity contribution is 9.10. The Hall–Kier alpha value is -2.20. The summed E-state index contributed by atoms with van der Waals surface area (Å²) in [5.41, 5.74) is 2.77. The van der Waals surface area contributed by atoms with E-state index in [0.717, 1.165) is 53.7 Å². The lowest BCUT2D eigenvalue weighted by atomic mass is 9.78. The van der Waals surface area contributed by atoms with Crippen molar-refractivity contribution in [1.29, 1.82) is 0 Å². The Labute approximate surface area is 317 Å². The van der Waals surface area contributed by atoms with E-state index in [4.69, 9.17) is 53.6 Å². The van der Waals surface area contributed by atoms with E-state index in [-0.39, 0.29) is 0 Å². The van der Waals surface area contributed by atoms with Crippen molar-refractivity contribution in [2.75, 3.05) is 27.4 Å². The first kappa shape index (κ1) is 38.0. The molecule has 3 aromatic heterocycles. The number of hydrogen-bond donors (Lipinski definition) is 1. The van der Waals surface area contributed by atoms with Gasteiger partial charge in [-0.2, -0.15) is 15.3 Å². The predicted molar refractivity (Wildman–Crippen MR) is 205 cm³/mol. The SMILES string of the molecule is COCCn1cc2c(Cl)c(B3OC(C)(C)C(C)(C)O3)ccc2n1.COCCn1cc2c(Cl)c(Br)ccc2n1.Clc1c(Br)ccc2[nH]ncc12. The maximum absolute atomic E-state index is 6.61. The molecule has 1 saturated heterocycles. The molecule has 0 radical (unpaired) electrons. The van der Waals surface area contributed by atoms with Gasteiger partial charge >= 0.3 is 7.12 Å².